The van der Waals surface area contributed by atoms with Gasteiger partial charge in [0.15, 0.2) is 0 Å². The first kappa shape index (κ1) is 26.0. The highest BCUT2D eigenvalue weighted by Gasteiger charge is 2.27. The molecule has 0 heteroatoms. The maximum absolute atomic E-state index is 4.30. The second kappa shape index (κ2) is 11.0. The van der Waals surface area contributed by atoms with Gasteiger partial charge in [-0.05, 0) is 86.8 Å². The third kappa shape index (κ3) is 5.76. The number of aryl methyl sites for hydroxylation is 4. The highest BCUT2D eigenvalue weighted by atomic mass is 14.3. The summed E-state index contributed by atoms with van der Waals surface area (Å²) >= 11 is 0. The SMILES string of the molecule is C=C1Cc2ccc(C)cc2C1Cc1cccc(C)c1.C=C1Cc2ccc(C)cc2C1Cc1cccc(C)c1. The van der Waals surface area contributed by atoms with E-state index in [9.17, 15) is 0 Å². The first-order chi connectivity index (χ1) is 18.3. The van der Waals surface area contributed by atoms with Crippen molar-refractivity contribution < 1.29 is 0 Å². The van der Waals surface area contributed by atoms with Crippen molar-refractivity contribution in [2.75, 3.05) is 0 Å². The molecule has 2 unspecified atom stereocenters. The van der Waals surface area contributed by atoms with E-state index in [2.05, 4.69) is 126 Å². The molecular weight excluding hydrogens is 456 g/mol. The Morgan fingerprint density at radius 2 is 0.921 bits per heavy atom. The van der Waals surface area contributed by atoms with Crippen LogP contribution in [0.1, 0.15) is 67.5 Å². The number of hydrogen-bond acceptors (Lipinski definition) is 0. The smallest absolute Gasteiger partial charge is 0.00921 e. The molecule has 38 heavy (non-hydrogen) atoms. The van der Waals surface area contributed by atoms with E-state index in [1.54, 1.807) is 0 Å². The topological polar surface area (TPSA) is 0 Å². The van der Waals surface area contributed by atoms with Crippen molar-refractivity contribution in [3.05, 3.63) is 165 Å². The lowest BCUT2D eigenvalue weighted by atomic mass is 9.90. The quantitative estimate of drug-likeness (QED) is 0.247. The molecule has 0 saturated carbocycles. The standard InChI is InChI=1S/2C19H20/c2*1-13-5-4-6-16(9-13)12-18-15(3)11-17-8-7-14(2)10-19(17)18/h2*4-10,18H,3,11-12H2,1-2H3. The van der Waals surface area contributed by atoms with Crippen molar-refractivity contribution >= 4 is 0 Å². The van der Waals surface area contributed by atoms with Gasteiger partial charge in [-0.1, -0.05) is 131 Å². The minimum absolute atomic E-state index is 0.497. The van der Waals surface area contributed by atoms with Gasteiger partial charge in [-0.3, -0.25) is 0 Å². The van der Waals surface area contributed by atoms with Gasteiger partial charge >= 0.3 is 0 Å². The maximum Gasteiger partial charge on any atom is 0.00921 e. The van der Waals surface area contributed by atoms with Crippen molar-refractivity contribution in [2.45, 2.75) is 65.2 Å². The second-order valence-corrected chi connectivity index (χ2v) is 11.6. The molecular formula is C38H40. The molecule has 0 spiro atoms. The first-order valence-electron chi connectivity index (χ1n) is 13.9. The summed E-state index contributed by atoms with van der Waals surface area (Å²) in [5.74, 6) is 0.994. The predicted molar refractivity (Wildman–Crippen MR) is 163 cm³/mol. The van der Waals surface area contributed by atoms with E-state index in [4.69, 9.17) is 0 Å². The Balaban J connectivity index is 0.000000155. The van der Waals surface area contributed by atoms with E-state index in [0.29, 0.717) is 11.8 Å². The van der Waals surface area contributed by atoms with Gasteiger partial charge in [-0.2, -0.15) is 0 Å². The summed E-state index contributed by atoms with van der Waals surface area (Å²) in [5, 5.41) is 0. The van der Waals surface area contributed by atoms with Gasteiger partial charge in [0.2, 0.25) is 0 Å². The minimum Gasteiger partial charge on any atom is -0.0989 e. The monoisotopic (exact) mass is 496 g/mol. The molecule has 2 aliphatic rings. The highest BCUT2D eigenvalue weighted by molar-refractivity contribution is 5.49. The van der Waals surface area contributed by atoms with Crippen molar-refractivity contribution in [1.82, 2.24) is 0 Å². The van der Waals surface area contributed by atoms with E-state index in [-0.39, 0.29) is 0 Å². The molecule has 4 aromatic rings. The first-order valence-corrected chi connectivity index (χ1v) is 13.9. The summed E-state index contributed by atoms with van der Waals surface area (Å²) in [7, 11) is 0. The Morgan fingerprint density at radius 1 is 0.526 bits per heavy atom. The summed E-state index contributed by atoms with van der Waals surface area (Å²) < 4.78 is 0. The number of allylic oxidation sites excluding steroid dienone is 2. The molecule has 0 amide bonds. The van der Waals surface area contributed by atoms with Crippen molar-refractivity contribution in [3.8, 4) is 0 Å². The molecule has 2 atom stereocenters. The zero-order chi connectivity index (χ0) is 26.8. The van der Waals surface area contributed by atoms with Gasteiger partial charge < -0.3 is 0 Å². The van der Waals surface area contributed by atoms with Crippen molar-refractivity contribution in [3.63, 3.8) is 0 Å². The Morgan fingerprint density at radius 3 is 1.32 bits per heavy atom. The fraction of sp³-hybridized carbons (Fsp3) is 0.263. The van der Waals surface area contributed by atoms with Gasteiger partial charge in [0.25, 0.3) is 0 Å². The molecule has 0 radical (unpaired) electrons. The van der Waals surface area contributed by atoms with Crippen LogP contribution in [0.25, 0.3) is 0 Å². The van der Waals surface area contributed by atoms with E-state index >= 15 is 0 Å². The molecule has 0 bridgehead atoms. The predicted octanol–water partition coefficient (Wildman–Crippen LogP) is 9.48. The summed E-state index contributed by atoms with van der Waals surface area (Å²) in [6.07, 6.45) is 4.26. The second-order valence-electron chi connectivity index (χ2n) is 11.6. The molecule has 0 fully saturated rings. The molecule has 0 heterocycles. The van der Waals surface area contributed by atoms with Crippen LogP contribution in [0.5, 0.6) is 0 Å². The van der Waals surface area contributed by atoms with Crippen LogP contribution in [-0.4, -0.2) is 0 Å². The fourth-order valence-electron chi connectivity index (χ4n) is 6.23. The summed E-state index contributed by atoms with van der Waals surface area (Å²) in [6.45, 7) is 17.3. The Hall–Kier alpha value is -3.64. The van der Waals surface area contributed by atoms with Crippen molar-refractivity contribution in [2.24, 2.45) is 0 Å². The Labute approximate surface area is 229 Å². The van der Waals surface area contributed by atoms with Gasteiger partial charge in [0.05, 0.1) is 0 Å². The number of fused-ring (bicyclic) bond motifs is 2. The summed E-state index contributed by atoms with van der Waals surface area (Å²) in [5.41, 5.74) is 16.9. The van der Waals surface area contributed by atoms with Gasteiger partial charge in [0, 0.05) is 11.8 Å². The molecule has 0 nitrogen and oxygen atoms in total. The molecule has 0 aromatic heterocycles. The lowest BCUT2D eigenvalue weighted by Gasteiger charge is -2.14. The molecule has 2 aliphatic carbocycles. The lowest BCUT2D eigenvalue weighted by Crippen LogP contribution is -2.01. The molecule has 0 saturated heterocycles. The average molecular weight is 497 g/mol. The minimum atomic E-state index is 0.497. The van der Waals surface area contributed by atoms with Gasteiger partial charge in [-0.15, -0.1) is 0 Å². The zero-order valence-corrected chi connectivity index (χ0v) is 23.5. The molecule has 192 valence electrons. The number of hydrogen-bond donors (Lipinski definition) is 0. The van der Waals surface area contributed by atoms with E-state index in [0.717, 1.165) is 25.7 Å². The third-order valence-electron chi connectivity index (χ3n) is 8.22. The molecule has 0 N–H and O–H groups in total. The Kier molecular flexibility index (Phi) is 7.52. The van der Waals surface area contributed by atoms with Crippen LogP contribution in [-0.2, 0) is 25.7 Å². The van der Waals surface area contributed by atoms with E-state index < -0.39 is 0 Å². The van der Waals surface area contributed by atoms with Gasteiger partial charge in [-0.25, -0.2) is 0 Å². The summed E-state index contributed by atoms with van der Waals surface area (Å²) in [6, 6.07) is 31.3. The van der Waals surface area contributed by atoms with Crippen LogP contribution in [0, 0.1) is 27.7 Å². The zero-order valence-electron chi connectivity index (χ0n) is 23.5. The maximum atomic E-state index is 4.30. The van der Waals surface area contributed by atoms with Crippen LogP contribution in [0.4, 0.5) is 0 Å². The lowest BCUT2D eigenvalue weighted by molar-refractivity contribution is 0.810. The van der Waals surface area contributed by atoms with Gasteiger partial charge in [0.1, 0.15) is 0 Å². The molecule has 6 rings (SSSR count). The van der Waals surface area contributed by atoms with E-state index in [1.165, 1.54) is 66.8 Å². The van der Waals surface area contributed by atoms with Crippen LogP contribution in [0.15, 0.2) is 109 Å². The molecule has 0 aliphatic heterocycles. The highest BCUT2D eigenvalue weighted by Crippen LogP contribution is 2.40. The van der Waals surface area contributed by atoms with Crippen LogP contribution in [0.2, 0.25) is 0 Å². The number of rotatable bonds is 4. The Bertz CT molecular complexity index is 1380. The van der Waals surface area contributed by atoms with Crippen LogP contribution < -0.4 is 0 Å². The largest absolute Gasteiger partial charge is 0.0989 e. The molecule has 4 aromatic carbocycles. The van der Waals surface area contributed by atoms with Crippen LogP contribution >= 0.6 is 0 Å². The number of benzene rings is 4. The third-order valence-corrected chi connectivity index (χ3v) is 8.22. The van der Waals surface area contributed by atoms with Crippen molar-refractivity contribution in [1.29, 1.82) is 0 Å². The fourth-order valence-corrected chi connectivity index (χ4v) is 6.23. The normalized spacial score (nSPS) is 17.6. The average Bonchev–Trinajstić information content (AvgIpc) is 3.35. The van der Waals surface area contributed by atoms with Crippen LogP contribution in [0.3, 0.4) is 0 Å². The van der Waals surface area contributed by atoms with E-state index in [1.807, 2.05) is 0 Å². The summed E-state index contributed by atoms with van der Waals surface area (Å²) in [4.78, 5) is 0.